The Balaban J connectivity index is 3.58. The van der Waals surface area contributed by atoms with Crippen LogP contribution < -0.4 is 0 Å². The van der Waals surface area contributed by atoms with Crippen molar-refractivity contribution in [1.82, 2.24) is 0 Å². The van der Waals surface area contributed by atoms with Gasteiger partial charge in [-0.15, -0.1) is 0 Å². The first-order valence-corrected chi connectivity index (χ1v) is 20.0. The normalized spacial score (nSPS) is 12.0. The van der Waals surface area contributed by atoms with Crippen molar-refractivity contribution in [3.63, 3.8) is 0 Å². The van der Waals surface area contributed by atoms with Gasteiger partial charge < -0.3 is 9.84 Å². The number of rotatable bonds is 37. The van der Waals surface area contributed by atoms with Crippen LogP contribution in [0.1, 0.15) is 239 Å². The van der Waals surface area contributed by atoms with E-state index < -0.39 is 12.1 Å². The monoisotopic (exact) mass is 623 g/mol. The summed E-state index contributed by atoms with van der Waals surface area (Å²) < 4.78 is 5.59. The first-order chi connectivity index (χ1) is 21.6. The molecule has 0 aromatic heterocycles. The van der Waals surface area contributed by atoms with Crippen LogP contribution in [-0.4, -0.2) is 23.1 Å². The molecule has 0 rings (SSSR count). The Morgan fingerprint density at radius 2 is 0.705 bits per heavy atom. The first kappa shape index (κ1) is 42.9. The van der Waals surface area contributed by atoms with Crippen LogP contribution in [0.4, 0.5) is 0 Å². The molecule has 0 bridgehead atoms. The predicted molar refractivity (Wildman–Crippen MR) is 190 cm³/mol. The molecule has 0 saturated carbocycles. The predicted octanol–water partition coefficient (Wildman–Crippen LogP) is 13.7. The molecule has 0 aromatic rings. The fraction of sp³-hybridized carbons (Fsp3) is 0.950. The van der Waals surface area contributed by atoms with Crippen molar-refractivity contribution >= 4 is 11.9 Å². The van der Waals surface area contributed by atoms with Crippen LogP contribution in [0.5, 0.6) is 0 Å². The largest absolute Gasteiger partial charge is 0.481 e. The lowest BCUT2D eigenvalue weighted by molar-refractivity contribution is -0.153. The van der Waals surface area contributed by atoms with E-state index in [-0.39, 0.29) is 12.4 Å². The van der Waals surface area contributed by atoms with Crippen LogP contribution in [-0.2, 0) is 14.3 Å². The number of ether oxygens (including phenoxy) is 1. The minimum Gasteiger partial charge on any atom is -0.481 e. The quantitative estimate of drug-likeness (QED) is 0.0553. The zero-order valence-electron chi connectivity index (χ0n) is 30.0. The molecular formula is C40H78O4. The molecule has 1 atom stereocenters. The minimum absolute atomic E-state index is 0.0660. The summed E-state index contributed by atoms with van der Waals surface area (Å²) in [4.78, 5) is 23.6. The summed E-state index contributed by atoms with van der Waals surface area (Å²) in [6.45, 7) is 4.56. The lowest BCUT2D eigenvalue weighted by atomic mass is 10.0. The van der Waals surface area contributed by atoms with Gasteiger partial charge in [0.1, 0.15) is 6.10 Å². The molecule has 0 aliphatic rings. The van der Waals surface area contributed by atoms with Crippen LogP contribution >= 0.6 is 0 Å². The maximum atomic E-state index is 12.3. The molecule has 4 heteroatoms. The van der Waals surface area contributed by atoms with Crippen LogP contribution in [0, 0.1) is 0 Å². The lowest BCUT2D eigenvalue weighted by Crippen LogP contribution is -2.21. The second-order valence-electron chi connectivity index (χ2n) is 13.9. The molecule has 0 spiro atoms. The second-order valence-corrected chi connectivity index (χ2v) is 13.9. The Hall–Kier alpha value is -1.06. The van der Waals surface area contributed by atoms with Gasteiger partial charge in [0.05, 0.1) is 6.42 Å². The van der Waals surface area contributed by atoms with E-state index in [1.54, 1.807) is 0 Å². The van der Waals surface area contributed by atoms with Crippen molar-refractivity contribution in [2.75, 3.05) is 0 Å². The summed E-state index contributed by atoms with van der Waals surface area (Å²) in [7, 11) is 0. The zero-order chi connectivity index (χ0) is 32.2. The molecule has 262 valence electrons. The highest BCUT2D eigenvalue weighted by Gasteiger charge is 2.17. The zero-order valence-corrected chi connectivity index (χ0v) is 30.0. The van der Waals surface area contributed by atoms with Gasteiger partial charge in [-0.05, 0) is 19.3 Å². The van der Waals surface area contributed by atoms with Crippen LogP contribution in [0.3, 0.4) is 0 Å². The Morgan fingerprint density at radius 1 is 0.432 bits per heavy atom. The van der Waals surface area contributed by atoms with Gasteiger partial charge in [-0.1, -0.05) is 206 Å². The summed E-state index contributed by atoms with van der Waals surface area (Å²) >= 11 is 0. The maximum absolute atomic E-state index is 12.3. The smallest absolute Gasteiger partial charge is 0.307 e. The van der Waals surface area contributed by atoms with E-state index in [9.17, 15) is 14.7 Å². The molecule has 0 fully saturated rings. The summed E-state index contributed by atoms with van der Waals surface area (Å²) in [5, 5.41) is 9.27. The molecule has 0 saturated heterocycles. The molecule has 0 radical (unpaired) electrons. The van der Waals surface area contributed by atoms with Gasteiger partial charge in [-0.25, -0.2) is 0 Å². The van der Waals surface area contributed by atoms with Gasteiger partial charge in [0, 0.05) is 6.42 Å². The van der Waals surface area contributed by atoms with Crippen molar-refractivity contribution < 1.29 is 19.4 Å². The highest BCUT2D eigenvalue weighted by molar-refractivity contribution is 5.71. The molecule has 0 aliphatic heterocycles. The van der Waals surface area contributed by atoms with Crippen molar-refractivity contribution in [2.45, 2.75) is 245 Å². The highest BCUT2D eigenvalue weighted by Crippen LogP contribution is 2.18. The van der Waals surface area contributed by atoms with Crippen LogP contribution in [0.25, 0.3) is 0 Å². The van der Waals surface area contributed by atoms with E-state index in [0.29, 0.717) is 12.8 Å². The second kappa shape index (κ2) is 36.4. The minimum atomic E-state index is -0.873. The molecule has 0 heterocycles. The first-order valence-electron chi connectivity index (χ1n) is 20.0. The Morgan fingerprint density at radius 3 is 1.00 bits per heavy atom. The van der Waals surface area contributed by atoms with Gasteiger partial charge in [0.15, 0.2) is 0 Å². The van der Waals surface area contributed by atoms with Gasteiger partial charge in [0.2, 0.25) is 0 Å². The van der Waals surface area contributed by atoms with E-state index in [1.165, 1.54) is 180 Å². The molecule has 44 heavy (non-hydrogen) atoms. The van der Waals surface area contributed by atoms with Crippen LogP contribution in [0.15, 0.2) is 0 Å². The van der Waals surface area contributed by atoms with Gasteiger partial charge in [0.25, 0.3) is 0 Å². The molecule has 1 unspecified atom stereocenters. The maximum Gasteiger partial charge on any atom is 0.307 e. The lowest BCUT2D eigenvalue weighted by Gasteiger charge is -2.16. The topological polar surface area (TPSA) is 63.6 Å². The van der Waals surface area contributed by atoms with Crippen molar-refractivity contribution in [2.24, 2.45) is 0 Å². The number of carbonyl (C=O) groups excluding carboxylic acids is 1. The number of carboxylic acids is 1. The van der Waals surface area contributed by atoms with Gasteiger partial charge in [-0.3, -0.25) is 9.59 Å². The fourth-order valence-corrected chi connectivity index (χ4v) is 6.38. The number of hydrogen-bond acceptors (Lipinski definition) is 3. The SMILES string of the molecule is CCCCCCCCCCCCCCCCCCCC(CC(=O)O)OC(=O)CCCCCCCCCCCCCCCCC. The van der Waals surface area contributed by atoms with Gasteiger partial charge in [-0.2, -0.15) is 0 Å². The Labute approximate surface area is 275 Å². The van der Waals surface area contributed by atoms with Gasteiger partial charge >= 0.3 is 11.9 Å². The van der Waals surface area contributed by atoms with E-state index >= 15 is 0 Å². The third-order valence-corrected chi connectivity index (χ3v) is 9.31. The number of unbranched alkanes of at least 4 members (excludes halogenated alkanes) is 30. The molecule has 0 aromatic carbocycles. The third kappa shape index (κ3) is 35.4. The average molecular weight is 623 g/mol. The van der Waals surface area contributed by atoms with Crippen molar-refractivity contribution in [3.8, 4) is 0 Å². The van der Waals surface area contributed by atoms with Crippen molar-refractivity contribution in [3.05, 3.63) is 0 Å². The van der Waals surface area contributed by atoms with Crippen LogP contribution in [0.2, 0.25) is 0 Å². The molecule has 0 aliphatic carbocycles. The van der Waals surface area contributed by atoms with E-state index in [4.69, 9.17) is 4.74 Å². The summed E-state index contributed by atoms with van der Waals surface area (Å²) in [6, 6.07) is 0. The standard InChI is InChI=1S/C40H78O4/c1-3-5-7-9-11-13-15-17-19-20-22-23-25-27-29-31-33-35-38(37-39(41)42)44-40(43)36-34-32-30-28-26-24-21-18-16-14-12-10-8-6-4-2/h38H,3-37H2,1-2H3,(H,41,42). The number of hydrogen-bond donors (Lipinski definition) is 1. The number of carboxylic acid groups (broad SMARTS) is 1. The highest BCUT2D eigenvalue weighted by atomic mass is 16.5. The number of aliphatic carboxylic acids is 1. The summed E-state index contributed by atoms with van der Waals surface area (Å²) in [6.07, 6.45) is 42.7. The molecule has 1 N–H and O–H groups in total. The molecular weight excluding hydrogens is 544 g/mol. The fourth-order valence-electron chi connectivity index (χ4n) is 6.38. The Bertz CT molecular complexity index is 590. The summed E-state index contributed by atoms with van der Waals surface area (Å²) in [5.74, 6) is -1.08. The van der Waals surface area contributed by atoms with Crippen molar-refractivity contribution in [1.29, 1.82) is 0 Å². The Kier molecular flexibility index (Phi) is 35.5. The van der Waals surface area contributed by atoms with E-state index in [1.807, 2.05) is 0 Å². The summed E-state index contributed by atoms with van der Waals surface area (Å²) in [5.41, 5.74) is 0. The number of carbonyl (C=O) groups is 2. The van der Waals surface area contributed by atoms with E-state index in [2.05, 4.69) is 13.8 Å². The van der Waals surface area contributed by atoms with E-state index in [0.717, 1.165) is 25.7 Å². The number of esters is 1. The molecule has 0 amide bonds. The average Bonchev–Trinajstić information content (AvgIpc) is 3.00. The third-order valence-electron chi connectivity index (χ3n) is 9.31. The molecule has 4 nitrogen and oxygen atoms in total.